The number of thiophene rings is 1. The van der Waals surface area contributed by atoms with Crippen molar-refractivity contribution in [3.8, 4) is 11.1 Å². The number of carboxylic acids is 1. The maximum absolute atomic E-state index is 12.9. The maximum Gasteiger partial charge on any atom is 0.339 e. The number of carbonyl (C=O) groups excluding carboxylic acids is 1. The molecule has 4 nitrogen and oxygen atoms in total. The zero-order chi connectivity index (χ0) is 14.0. The fraction of sp³-hybridized carbons (Fsp3) is 0.0769. The second kappa shape index (κ2) is 5.19. The normalized spacial score (nSPS) is 10.2. The summed E-state index contributed by atoms with van der Waals surface area (Å²) in [6.45, 7) is 1.31. The Labute approximate surface area is 112 Å². The summed E-state index contributed by atoms with van der Waals surface area (Å²) >= 11 is 1.13. The Morgan fingerprint density at radius 3 is 2.42 bits per heavy atom. The Morgan fingerprint density at radius 2 is 1.89 bits per heavy atom. The number of amides is 1. The predicted molar refractivity (Wildman–Crippen MR) is 71.0 cm³/mol. The van der Waals surface area contributed by atoms with Crippen LogP contribution >= 0.6 is 11.3 Å². The topological polar surface area (TPSA) is 66.4 Å². The summed E-state index contributed by atoms with van der Waals surface area (Å²) in [6.07, 6.45) is 0. The van der Waals surface area contributed by atoms with Gasteiger partial charge in [0, 0.05) is 17.9 Å². The van der Waals surface area contributed by atoms with E-state index in [0.29, 0.717) is 11.1 Å². The number of carboxylic acid groups (broad SMARTS) is 1. The lowest BCUT2D eigenvalue weighted by molar-refractivity contribution is -0.114. The SMILES string of the molecule is CC(=O)Nc1scc(-c2ccc(F)cc2)c1C(=O)O. The predicted octanol–water partition coefficient (Wildman–Crippen LogP) is 3.21. The Bertz CT molecular complexity index is 634. The van der Waals surface area contributed by atoms with Crippen molar-refractivity contribution in [2.45, 2.75) is 6.92 Å². The van der Waals surface area contributed by atoms with Crippen molar-refractivity contribution < 1.29 is 19.1 Å². The first-order valence-electron chi connectivity index (χ1n) is 5.37. The lowest BCUT2D eigenvalue weighted by atomic mass is 10.0. The van der Waals surface area contributed by atoms with Crippen LogP contribution in [0.4, 0.5) is 9.39 Å². The molecule has 0 atom stereocenters. The van der Waals surface area contributed by atoms with E-state index in [0.717, 1.165) is 11.3 Å². The van der Waals surface area contributed by atoms with Crippen LogP contribution in [0, 0.1) is 5.82 Å². The largest absolute Gasteiger partial charge is 0.478 e. The standard InChI is InChI=1S/C13H10FNO3S/c1-7(16)15-12-11(13(17)18)10(6-19-12)8-2-4-9(14)5-3-8/h2-6H,1H3,(H,15,16)(H,17,18). The van der Waals surface area contributed by atoms with Gasteiger partial charge in [-0.25, -0.2) is 9.18 Å². The number of aromatic carboxylic acids is 1. The molecule has 0 bridgehead atoms. The molecule has 0 saturated heterocycles. The number of rotatable bonds is 3. The number of nitrogens with one attached hydrogen (secondary N) is 1. The summed E-state index contributed by atoms with van der Waals surface area (Å²) in [7, 11) is 0. The van der Waals surface area contributed by atoms with Crippen molar-refractivity contribution in [2.24, 2.45) is 0 Å². The lowest BCUT2D eigenvalue weighted by Gasteiger charge is -2.04. The minimum atomic E-state index is -1.13. The third-order valence-electron chi connectivity index (χ3n) is 2.45. The Balaban J connectivity index is 2.51. The number of hydrogen-bond donors (Lipinski definition) is 2. The molecule has 0 aliphatic heterocycles. The minimum absolute atomic E-state index is 0.0202. The van der Waals surface area contributed by atoms with Crippen molar-refractivity contribution >= 4 is 28.2 Å². The van der Waals surface area contributed by atoms with Crippen LogP contribution < -0.4 is 5.32 Å². The van der Waals surface area contributed by atoms with E-state index in [4.69, 9.17) is 0 Å². The second-order valence-corrected chi connectivity index (χ2v) is 4.73. The Morgan fingerprint density at radius 1 is 1.26 bits per heavy atom. The van der Waals surface area contributed by atoms with Gasteiger partial charge in [0.2, 0.25) is 5.91 Å². The van der Waals surface area contributed by atoms with E-state index in [1.54, 1.807) is 5.38 Å². The first-order chi connectivity index (χ1) is 8.99. The molecule has 0 unspecified atom stereocenters. The van der Waals surface area contributed by atoms with Crippen molar-refractivity contribution in [3.63, 3.8) is 0 Å². The molecule has 6 heteroatoms. The molecule has 19 heavy (non-hydrogen) atoms. The van der Waals surface area contributed by atoms with Crippen molar-refractivity contribution in [1.29, 1.82) is 0 Å². The average Bonchev–Trinajstić information content (AvgIpc) is 2.73. The third-order valence-corrected chi connectivity index (χ3v) is 3.35. The number of anilines is 1. The molecule has 1 heterocycles. The van der Waals surface area contributed by atoms with Gasteiger partial charge in [-0.1, -0.05) is 12.1 Å². The van der Waals surface area contributed by atoms with E-state index >= 15 is 0 Å². The van der Waals surface area contributed by atoms with Gasteiger partial charge in [0.1, 0.15) is 16.4 Å². The Hall–Kier alpha value is -2.21. The molecule has 2 aromatic rings. The lowest BCUT2D eigenvalue weighted by Crippen LogP contribution is -2.08. The van der Waals surface area contributed by atoms with Crippen LogP contribution in [0.15, 0.2) is 29.6 Å². The van der Waals surface area contributed by atoms with E-state index in [9.17, 15) is 19.1 Å². The van der Waals surface area contributed by atoms with Gasteiger partial charge in [0.05, 0.1) is 0 Å². The molecule has 0 aliphatic rings. The van der Waals surface area contributed by atoms with E-state index in [-0.39, 0.29) is 16.5 Å². The highest BCUT2D eigenvalue weighted by Gasteiger charge is 2.20. The number of hydrogen-bond acceptors (Lipinski definition) is 3. The zero-order valence-electron chi connectivity index (χ0n) is 9.94. The highest BCUT2D eigenvalue weighted by atomic mass is 32.1. The smallest absolute Gasteiger partial charge is 0.339 e. The average molecular weight is 279 g/mol. The fourth-order valence-electron chi connectivity index (χ4n) is 1.66. The van der Waals surface area contributed by atoms with E-state index in [2.05, 4.69) is 5.32 Å². The molecule has 1 amide bonds. The van der Waals surface area contributed by atoms with Crippen LogP contribution in [-0.2, 0) is 4.79 Å². The summed E-state index contributed by atoms with van der Waals surface area (Å²) < 4.78 is 12.9. The molecule has 2 rings (SSSR count). The molecular weight excluding hydrogens is 269 g/mol. The van der Waals surface area contributed by atoms with Gasteiger partial charge in [0.15, 0.2) is 0 Å². The van der Waals surface area contributed by atoms with Crippen LogP contribution in [0.1, 0.15) is 17.3 Å². The van der Waals surface area contributed by atoms with Crippen LogP contribution in [0.2, 0.25) is 0 Å². The number of carbonyl (C=O) groups is 2. The van der Waals surface area contributed by atoms with Crippen LogP contribution in [0.5, 0.6) is 0 Å². The van der Waals surface area contributed by atoms with Gasteiger partial charge in [-0.05, 0) is 17.7 Å². The summed E-state index contributed by atoms with van der Waals surface area (Å²) in [5.41, 5.74) is 1.07. The van der Waals surface area contributed by atoms with Gasteiger partial charge in [0.25, 0.3) is 0 Å². The van der Waals surface area contributed by atoms with Gasteiger partial charge < -0.3 is 10.4 Å². The molecule has 0 radical (unpaired) electrons. The van der Waals surface area contributed by atoms with E-state index in [1.165, 1.54) is 31.2 Å². The first-order valence-corrected chi connectivity index (χ1v) is 6.25. The molecule has 1 aromatic heterocycles. The second-order valence-electron chi connectivity index (χ2n) is 3.85. The van der Waals surface area contributed by atoms with Crippen molar-refractivity contribution in [3.05, 3.63) is 41.0 Å². The van der Waals surface area contributed by atoms with Crippen molar-refractivity contribution in [2.75, 3.05) is 5.32 Å². The molecule has 0 fully saturated rings. The van der Waals surface area contributed by atoms with E-state index < -0.39 is 11.8 Å². The number of halogens is 1. The fourth-order valence-corrected chi connectivity index (χ4v) is 2.67. The third kappa shape index (κ3) is 2.79. The summed E-state index contributed by atoms with van der Waals surface area (Å²) in [4.78, 5) is 22.3. The molecule has 0 saturated carbocycles. The zero-order valence-corrected chi connectivity index (χ0v) is 10.8. The Kier molecular flexibility index (Phi) is 3.62. The van der Waals surface area contributed by atoms with Gasteiger partial charge in [-0.3, -0.25) is 4.79 Å². The highest BCUT2D eigenvalue weighted by molar-refractivity contribution is 7.15. The van der Waals surface area contributed by atoms with Crippen molar-refractivity contribution in [1.82, 2.24) is 0 Å². The van der Waals surface area contributed by atoms with Gasteiger partial charge in [-0.2, -0.15) is 0 Å². The van der Waals surface area contributed by atoms with Crippen LogP contribution in [-0.4, -0.2) is 17.0 Å². The summed E-state index contributed by atoms with van der Waals surface area (Å²) in [5.74, 6) is -1.86. The molecule has 0 aliphatic carbocycles. The monoisotopic (exact) mass is 279 g/mol. The van der Waals surface area contributed by atoms with Crippen LogP contribution in [0.3, 0.4) is 0 Å². The van der Waals surface area contributed by atoms with Crippen LogP contribution in [0.25, 0.3) is 11.1 Å². The quantitative estimate of drug-likeness (QED) is 0.906. The molecule has 2 N–H and O–H groups in total. The molecule has 0 spiro atoms. The highest BCUT2D eigenvalue weighted by Crippen LogP contribution is 2.35. The molecule has 98 valence electrons. The van der Waals surface area contributed by atoms with Gasteiger partial charge in [-0.15, -0.1) is 11.3 Å². The minimum Gasteiger partial charge on any atom is -0.478 e. The maximum atomic E-state index is 12.9. The van der Waals surface area contributed by atoms with E-state index in [1.807, 2.05) is 0 Å². The molecular formula is C13H10FNO3S. The summed E-state index contributed by atoms with van der Waals surface area (Å²) in [5, 5.41) is 13.6. The number of benzene rings is 1. The van der Waals surface area contributed by atoms with Gasteiger partial charge >= 0.3 is 5.97 Å². The summed E-state index contributed by atoms with van der Waals surface area (Å²) in [6, 6.07) is 5.52. The first kappa shape index (κ1) is 13.2. The molecule has 1 aromatic carbocycles.